The van der Waals surface area contributed by atoms with E-state index in [-0.39, 0.29) is 18.9 Å². The number of alkyl carbamates (subject to hydrolysis) is 1. The van der Waals surface area contributed by atoms with Gasteiger partial charge in [0.2, 0.25) is 17.7 Å². The number of carbonyl (C=O) groups is 5. The summed E-state index contributed by atoms with van der Waals surface area (Å²) >= 11 is 0. The average molecular weight is 450 g/mol. The first-order valence-corrected chi connectivity index (χ1v) is 10.1. The fourth-order valence-corrected chi connectivity index (χ4v) is 2.51. The Kier molecular flexibility index (Phi) is 11.2. The number of carboxylic acid groups (broad SMARTS) is 1. The molecule has 1 rings (SSSR count). The van der Waals surface area contributed by atoms with Crippen molar-refractivity contribution in [1.29, 1.82) is 0 Å². The zero-order valence-corrected chi connectivity index (χ0v) is 18.3. The lowest BCUT2D eigenvalue weighted by Gasteiger charge is -2.17. The summed E-state index contributed by atoms with van der Waals surface area (Å²) in [6.45, 7) is 4.26. The molecule has 11 nitrogen and oxygen atoms in total. The summed E-state index contributed by atoms with van der Waals surface area (Å²) in [5.41, 5.74) is 0.791. The van der Waals surface area contributed by atoms with Gasteiger partial charge in [-0.2, -0.15) is 0 Å². The standard InChI is InChI=1S/C21H30N4O7/c1-13(2)9-16(20(29)30)25-18(27)11-22-17(26)10-23-19(28)14(3)24-21(31)32-12-15-7-5-4-6-8-15/h4-8,13-14,16H,9-12H2,1-3H3,(H,22,26)(H,23,28)(H,24,31)(H,25,27)(H,29,30)/t14-,16-/m0/s1. The highest BCUT2D eigenvalue weighted by Crippen LogP contribution is 2.04. The predicted octanol–water partition coefficient (Wildman–Crippen LogP) is 0.149. The van der Waals surface area contributed by atoms with E-state index in [1.54, 1.807) is 24.3 Å². The third kappa shape index (κ3) is 11.0. The number of aliphatic carboxylic acids is 1. The summed E-state index contributed by atoms with van der Waals surface area (Å²) in [5, 5.41) is 18.4. The van der Waals surface area contributed by atoms with Gasteiger partial charge in [-0.1, -0.05) is 44.2 Å². The molecule has 0 radical (unpaired) electrons. The summed E-state index contributed by atoms with van der Waals surface area (Å²) in [4.78, 5) is 58.6. The van der Waals surface area contributed by atoms with Crippen LogP contribution in [0.15, 0.2) is 30.3 Å². The minimum Gasteiger partial charge on any atom is -0.480 e. The third-order valence-corrected chi connectivity index (χ3v) is 4.15. The second kappa shape index (κ2) is 13.6. The van der Waals surface area contributed by atoms with Gasteiger partial charge >= 0.3 is 12.1 Å². The van der Waals surface area contributed by atoms with E-state index in [1.807, 2.05) is 19.9 Å². The normalized spacial score (nSPS) is 12.2. The van der Waals surface area contributed by atoms with Crippen molar-refractivity contribution < 1.29 is 33.8 Å². The van der Waals surface area contributed by atoms with Crippen molar-refractivity contribution in [3.05, 3.63) is 35.9 Å². The molecule has 2 atom stereocenters. The zero-order valence-electron chi connectivity index (χ0n) is 18.3. The molecule has 5 N–H and O–H groups in total. The maximum atomic E-state index is 12.0. The van der Waals surface area contributed by atoms with E-state index >= 15 is 0 Å². The van der Waals surface area contributed by atoms with Crippen molar-refractivity contribution in [2.24, 2.45) is 5.92 Å². The van der Waals surface area contributed by atoms with Crippen molar-refractivity contribution in [2.75, 3.05) is 13.1 Å². The molecule has 0 aliphatic rings. The van der Waals surface area contributed by atoms with Gasteiger partial charge in [0.1, 0.15) is 18.7 Å². The van der Waals surface area contributed by atoms with Crippen molar-refractivity contribution in [2.45, 2.75) is 45.9 Å². The van der Waals surface area contributed by atoms with Gasteiger partial charge < -0.3 is 31.1 Å². The maximum absolute atomic E-state index is 12.0. The molecule has 176 valence electrons. The summed E-state index contributed by atoms with van der Waals surface area (Å²) in [6, 6.07) is 7.00. The van der Waals surface area contributed by atoms with Crippen LogP contribution in [-0.2, 0) is 30.5 Å². The van der Waals surface area contributed by atoms with Crippen LogP contribution in [-0.4, -0.2) is 60.1 Å². The first-order chi connectivity index (χ1) is 15.1. The van der Waals surface area contributed by atoms with Crippen molar-refractivity contribution in [3.63, 3.8) is 0 Å². The van der Waals surface area contributed by atoms with Gasteiger partial charge in [-0.25, -0.2) is 9.59 Å². The molecule has 11 heteroatoms. The second-order valence-corrected chi connectivity index (χ2v) is 7.51. The second-order valence-electron chi connectivity index (χ2n) is 7.51. The van der Waals surface area contributed by atoms with Crippen LogP contribution in [0.5, 0.6) is 0 Å². The highest BCUT2D eigenvalue weighted by molar-refractivity contribution is 5.91. The topological polar surface area (TPSA) is 163 Å². The number of hydrogen-bond donors (Lipinski definition) is 5. The van der Waals surface area contributed by atoms with E-state index in [0.717, 1.165) is 5.56 Å². The quantitative estimate of drug-likeness (QED) is 0.303. The molecule has 4 amide bonds. The number of ether oxygens (including phenoxy) is 1. The number of nitrogens with one attached hydrogen (secondary N) is 4. The Morgan fingerprint density at radius 3 is 2.12 bits per heavy atom. The van der Waals surface area contributed by atoms with Crippen LogP contribution >= 0.6 is 0 Å². The monoisotopic (exact) mass is 450 g/mol. The number of hydrogen-bond acceptors (Lipinski definition) is 6. The Labute approximate surface area is 186 Å². The van der Waals surface area contributed by atoms with Crippen LogP contribution in [0.3, 0.4) is 0 Å². The molecule has 0 spiro atoms. The fraction of sp³-hybridized carbons (Fsp3) is 0.476. The molecule has 0 aliphatic carbocycles. The summed E-state index contributed by atoms with van der Waals surface area (Å²) in [7, 11) is 0. The van der Waals surface area contributed by atoms with Crippen LogP contribution in [0.4, 0.5) is 4.79 Å². The van der Waals surface area contributed by atoms with Gasteiger partial charge in [0.05, 0.1) is 13.1 Å². The van der Waals surface area contributed by atoms with Gasteiger partial charge in [0.15, 0.2) is 0 Å². The van der Waals surface area contributed by atoms with Gasteiger partial charge in [-0.05, 0) is 24.8 Å². The summed E-state index contributed by atoms with van der Waals surface area (Å²) in [6.07, 6.45) is -0.531. The Morgan fingerprint density at radius 2 is 1.53 bits per heavy atom. The SMILES string of the molecule is CC(C)C[C@H](NC(=O)CNC(=O)CNC(=O)[C@H](C)NC(=O)OCc1ccccc1)C(=O)O. The Bertz CT molecular complexity index is 799. The predicted molar refractivity (Wildman–Crippen MR) is 114 cm³/mol. The molecule has 32 heavy (non-hydrogen) atoms. The molecular formula is C21H30N4O7. The first-order valence-electron chi connectivity index (χ1n) is 10.1. The van der Waals surface area contributed by atoms with Gasteiger partial charge in [0, 0.05) is 0 Å². The molecule has 0 aromatic heterocycles. The molecular weight excluding hydrogens is 420 g/mol. The zero-order chi connectivity index (χ0) is 24.1. The Balaban J connectivity index is 2.29. The fourth-order valence-electron chi connectivity index (χ4n) is 2.51. The summed E-state index contributed by atoms with van der Waals surface area (Å²) < 4.78 is 5.02. The molecule has 1 aromatic rings. The van der Waals surface area contributed by atoms with Crippen LogP contribution in [0.1, 0.15) is 32.8 Å². The number of amides is 4. The lowest BCUT2D eigenvalue weighted by molar-refractivity contribution is -0.142. The number of benzene rings is 1. The number of carbonyl (C=O) groups excluding carboxylic acids is 4. The van der Waals surface area contributed by atoms with Gasteiger partial charge in [0.25, 0.3) is 0 Å². The molecule has 0 saturated heterocycles. The van der Waals surface area contributed by atoms with Crippen LogP contribution in [0, 0.1) is 5.92 Å². The minimum absolute atomic E-state index is 0.0470. The van der Waals surface area contributed by atoms with Crippen molar-refractivity contribution in [1.82, 2.24) is 21.3 Å². The van der Waals surface area contributed by atoms with E-state index in [1.165, 1.54) is 6.92 Å². The Hall–Kier alpha value is -3.63. The largest absolute Gasteiger partial charge is 0.480 e. The maximum Gasteiger partial charge on any atom is 0.408 e. The van der Waals surface area contributed by atoms with E-state index < -0.39 is 55.0 Å². The molecule has 0 aliphatic heterocycles. The Morgan fingerprint density at radius 1 is 0.906 bits per heavy atom. The van der Waals surface area contributed by atoms with E-state index in [0.29, 0.717) is 0 Å². The number of carboxylic acids is 1. The van der Waals surface area contributed by atoms with Crippen molar-refractivity contribution >= 4 is 29.8 Å². The van der Waals surface area contributed by atoms with Crippen LogP contribution < -0.4 is 21.3 Å². The van der Waals surface area contributed by atoms with Gasteiger partial charge in [-0.3, -0.25) is 14.4 Å². The summed E-state index contributed by atoms with van der Waals surface area (Å²) in [5.74, 6) is -3.03. The van der Waals surface area contributed by atoms with E-state index in [2.05, 4.69) is 21.3 Å². The lowest BCUT2D eigenvalue weighted by Crippen LogP contribution is -2.49. The minimum atomic E-state index is -1.16. The van der Waals surface area contributed by atoms with Crippen LogP contribution in [0.2, 0.25) is 0 Å². The third-order valence-electron chi connectivity index (χ3n) is 4.15. The molecule has 0 saturated carbocycles. The van der Waals surface area contributed by atoms with E-state index in [9.17, 15) is 24.0 Å². The lowest BCUT2D eigenvalue weighted by atomic mass is 10.0. The molecule has 0 fully saturated rings. The molecule has 0 unspecified atom stereocenters. The van der Waals surface area contributed by atoms with E-state index in [4.69, 9.17) is 9.84 Å². The molecule has 0 bridgehead atoms. The smallest absolute Gasteiger partial charge is 0.408 e. The van der Waals surface area contributed by atoms with Crippen molar-refractivity contribution in [3.8, 4) is 0 Å². The molecule has 0 heterocycles. The first kappa shape index (κ1) is 26.4. The van der Waals surface area contributed by atoms with Crippen LogP contribution in [0.25, 0.3) is 0 Å². The average Bonchev–Trinajstić information content (AvgIpc) is 2.74. The highest BCUT2D eigenvalue weighted by atomic mass is 16.5. The number of rotatable bonds is 12. The highest BCUT2D eigenvalue weighted by Gasteiger charge is 2.21. The van der Waals surface area contributed by atoms with Gasteiger partial charge in [-0.15, -0.1) is 0 Å². The molecule has 1 aromatic carbocycles.